The van der Waals surface area contributed by atoms with Gasteiger partial charge in [-0.2, -0.15) is 0 Å². The average Bonchev–Trinajstić information content (AvgIpc) is 1.27. The number of rotatable bonds is 29. The van der Waals surface area contributed by atoms with Gasteiger partial charge in [0.05, 0.1) is 100 Å². The van der Waals surface area contributed by atoms with Gasteiger partial charge in [0, 0.05) is 73.1 Å². The van der Waals surface area contributed by atoms with E-state index in [1.165, 1.54) is 46.3 Å². The molecule has 1 saturated heterocycles. The van der Waals surface area contributed by atoms with Gasteiger partial charge in [0.25, 0.3) is 0 Å². The molecule has 2 aliphatic rings. The number of nitrogens with one attached hydrogen (secondary N) is 9. The lowest BCUT2D eigenvalue weighted by atomic mass is 9.89. The number of hydrogen-bond acceptors (Lipinski definition) is 21. The van der Waals surface area contributed by atoms with Gasteiger partial charge in [0.1, 0.15) is 30.2 Å². The highest BCUT2D eigenvalue weighted by molar-refractivity contribution is 5.99. The van der Waals surface area contributed by atoms with Crippen molar-refractivity contribution in [3.05, 3.63) is 23.8 Å². The van der Waals surface area contributed by atoms with Crippen LogP contribution in [0.4, 0.5) is 5.69 Å². The van der Waals surface area contributed by atoms with Crippen molar-refractivity contribution in [2.75, 3.05) is 93.3 Å². The number of fused-ring (bicyclic) bond motifs is 1. The maximum Gasteiger partial charge on any atom is 0.326 e. The number of hydrogen-bond donors (Lipinski definition) is 12. The second-order valence-electron chi connectivity index (χ2n) is 26.6. The van der Waals surface area contributed by atoms with E-state index in [-0.39, 0.29) is 111 Å². The third-order valence-electron chi connectivity index (χ3n) is 17.8. The lowest BCUT2D eigenvalue weighted by Gasteiger charge is -2.41. The number of carbonyl (C=O) groups excluding carboxylic acids is 11. The standard InChI is InChI=1S/C68H110N12O22/c1-15-39(6)60(79(12)67(95)57(37(2)3)77-66(94)59(38(4)5)78(10)11)49(98-13)35-53(84)80-28-16-17-47(80)61(99-14)40(7)62(90)75-45(68(96)97)34-43-18-19-48-44(33-43)74-64(92)42(9)72-63(91)41(8)71-52(83)24-29-100-31-26-69-36-46(73-50(81)20-22-54(85)86)58(76-51(82)21-23-55(87)88)65(93)70-27-32-101-30-25-56(89)102-48/h18-19,33,37-42,45-47,49,57-61,69H,15-17,20-32,34-36H2,1-14H3,(H,70,93)(H,71,83)(H,72,91)(H,73,81)(H,74,92)(H,75,90)(H,76,82)(H,77,94)(H,85,86)(H,87,88)(H,96,97)/t39-,40+,41-,42-,45-,46?,47-,49+,57-,58?,59-,60-,61+/m0/s1. The van der Waals surface area contributed by atoms with E-state index in [0.717, 1.165) is 0 Å². The molecule has 1 aromatic rings. The number of carbonyl (C=O) groups is 14. The SMILES string of the molecule is CC[C@H](C)[C@@H]([C@@H](CC(=O)N1CCC[C@H]1[C@H](OC)[C@@H](C)C(=O)N[C@@H](Cc1ccc2c(c1)NC(=O)[C@H](C)NC(=O)[C@H](C)NC(=O)CCOCCNCC(NC(=O)CCC(=O)O)C(NC(=O)CCC(=O)O)C(=O)NCCOCCC(=O)O2)C(=O)O)OC)N(C)C(=O)[C@@H](NC(=O)[C@H](C(C)C)N(C)C)C(C)C. The van der Waals surface area contributed by atoms with E-state index in [0.29, 0.717) is 25.8 Å². The molecule has 34 heteroatoms. The minimum atomic E-state index is -1.62. The van der Waals surface area contributed by atoms with Crippen LogP contribution in [-0.2, 0) is 92.5 Å². The molecule has 10 amide bonds. The van der Waals surface area contributed by atoms with Crippen LogP contribution >= 0.6 is 0 Å². The van der Waals surface area contributed by atoms with Crippen LogP contribution in [0.1, 0.15) is 132 Å². The van der Waals surface area contributed by atoms with Crippen LogP contribution in [0.5, 0.6) is 5.75 Å². The van der Waals surface area contributed by atoms with E-state index in [2.05, 4.69) is 47.9 Å². The molecule has 0 aliphatic carbocycles. The summed E-state index contributed by atoms with van der Waals surface area (Å²) < 4.78 is 28.8. The van der Waals surface area contributed by atoms with Crippen molar-refractivity contribution in [2.24, 2.45) is 23.7 Å². The van der Waals surface area contributed by atoms with Crippen molar-refractivity contribution < 1.29 is 106 Å². The number of aliphatic carboxylic acids is 3. The fraction of sp³-hybridized carbons (Fsp3) is 0.706. The summed E-state index contributed by atoms with van der Waals surface area (Å²) in [6, 6.07) is -5.61. The Balaban J connectivity index is 1.90. The number of ether oxygens (including phenoxy) is 5. The molecular formula is C68H110N12O22. The van der Waals surface area contributed by atoms with Crippen LogP contribution in [0.3, 0.4) is 0 Å². The zero-order valence-corrected chi connectivity index (χ0v) is 61.3. The smallest absolute Gasteiger partial charge is 0.326 e. The number of esters is 1. The summed E-state index contributed by atoms with van der Waals surface area (Å²) in [6.45, 7) is 14.9. The van der Waals surface area contributed by atoms with Crippen LogP contribution in [0, 0.1) is 23.7 Å². The van der Waals surface area contributed by atoms with Gasteiger partial charge in [-0.25, -0.2) is 4.79 Å². The fourth-order valence-corrected chi connectivity index (χ4v) is 12.1. The Labute approximate surface area is 595 Å². The molecule has 574 valence electrons. The van der Waals surface area contributed by atoms with Gasteiger partial charge < -0.3 is 96.7 Å². The molecule has 12 N–H and O–H groups in total. The normalized spacial score (nSPS) is 21.4. The minimum absolute atomic E-state index is 0.0315. The number of likely N-dealkylation sites (tertiary alicyclic amines) is 1. The van der Waals surface area contributed by atoms with E-state index >= 15 is 0 Å². The van der Waals surface area contributed by atoms with Gasteiger partial charge in [0.2, 0.25) is 59.1 Å². The molecule has 0 saturated carbocycles. The highest BCUT2D eigenvalue weighted by Crippen LogP contribution is 2.31. The predicted molar refractivity (Wildman–Crippen MR) is 369 cm³/mol. The average molecular weight is 1450 g/mol. The van der Waals surface area contributed by atoms with Gasteiger partial charge in [-0.3, -0.25) is 67.2 Å². The molecule has 0 spiro atoms. The molecule has 102 heavy (non-hydrogen) atoms. The first kappa shape index (κ1) is 87.8. The van der Waals surface area contributed by atoms with Gasteiger partial charge in [-0.1, -0.05) is 61.0 Å². The molecule has 2 aliphatic heterocycles. The van der Waals surface area contributed by atoms with E-state index in [9.17, 15) is 82.4 Å². The molecule has 2 heterocycles. The Morgan fingerprint density at radius 2 is 1.34 bits per heavy atom. The first-order valence-electron chi connectivity index (χ1n) is 34.6. The van der Waals surface area contributed by atoms with E-state index in [1.807, 2.05) is 41.5 Å². The summed E-state index contributed by atoms with van der Waals surface area (Å²) in [4.78, 5) is 191. The summed E-state index contributed by atoms with van der Waals surface area (Å²) in [5.74, 6) is -13.2. The number of nitrogens with zero attached hydrogens (tertiary/aromatic N) is 3. The minimum Gasteiger partial charge on any atom is -0.481 e. The molecule has 0 aromatic heterocycles. The van der Waals surface area contributed by atoms with Crippen LogP contribution in [0.25, 0.3) is 0 Å². The Bertz CT molecular complexity index is 3020. The number of benzene rings is 1. The highest BCUT2D eigenvalue weighted by atomic mass is 16.5. The van der Waals surface area contributed by atoms with Crippen molar-refractivity contribution in [2.45, 2.75) is 200 Å². The van der Waals surface area contributed by atoms with Crippen LogP contribution in [0.15, 0.2) is 18.2 Å². The highest BCUT2D eigenvalue weighted by Gasteiger charge is 2.44. The number of anilines is 1. The Hall–Kier alpha value is -8.44. The summed E-state index contributed by atoms with van der Waals surface area (Å²) in [6.07, 6.45) is -3.59. The zero-order chi connectivity index (χ0) is 76.7. The van der Waals surface area contributed by atoms with Crippen molar-refractivity contribution in [1.82, 2.24) is 57.2 Å². The van der Waals surface area contributed by atoms with Gasteiger partial charge in [-0.15, -0.1) is 0 Å². The Morgan fingerprint density at radius 3 is 1.92 bits per heavy atom. The molecule has 0 radical (unpaired) electrons. The quantitative estimate of drug-likeness (QED) is 0.0356. The number of amides is 10. The zero-order valence-electron chi connectivity index (χ0n) is 61.3. The summed E-state index contributed by atoms with van der Waals surface area (Å²) in [5.41, 5.74) is 0.0211. The van der Waals surface area contributed by atoms with Crippen molar-refractivity contribution >= 4 is 88.6 Å². The third kappa shape index (κ3) is 28.8. The van der Waals surface area contributed by atoms with Gasteiger partial charge in [-0.05, 0) is 76.2 Å². The number of likely N-dealkylation sites (N-methyl/N-ethyl adjacent to an activating group) is 2. The van der Waals surface area contributed by atoms with E-state index < -0.39 is 176 Å². The molecule has 34 nitrogen and oxygen atoms in total. The van der Waals surface area contributed by atoms with Crippen LogP contribution in [0.2, 0.25) is 0 Å². The van der Waals surface area contributed by atoms with Gasteiger partial charge in [0.15, 0.2) is 5.75 Å². The second-order valence-corrected chi connectivity index (χ2v) is 26.6. The summed E-state index contributed by atoms with van der Waals surface area (Å²) in [7, 11) is 8.10. The topological polar surface area (TPSA) is 464 Å². The fourth-order valence-electron chi connectivity index (χ4n) is 12.1. The Kier molecular flexibility index (Phi) is 38.0. The van der Waals surface area contributed by atoms with Crippen molar-refractivity contribution in [3.63, 3.8) is 0 Å². The lowest BCUT2D eigenvalue weighted by Crippen LogP contribution is -2.62. The molecule has 1 fully saturated rings. The van der Waals surface area contributed by atoms with Crippen molar-refractivity contribution in [1.29, 1.82) is 0 Å². The third-order valence-corrected chi connectivity index (χ3v) is 17.8. The largest absolute Gasteiger partial charge is 0.481 e. The monoisotopic (exact) mass is 1450 g/mol. The number of carboxylic acid groups (broad SMARTS) is 3. The number of methoxy groups -OCH3 is 2. The molecular weight excluding hydrogens is 1340 g/mol. The van der Waals surface area contributed by atoms with E-state index in [4.69, 9.17) is 23.7 Å². The van der Waals surface area contributed by atoms with E-state index in [1.54, 1.807) is 42.8 Å². The Morgan fingerprint density at radius 1 is 0.725 bits per heavy atom. The summed E-state index contributed by atoms with van der Waals surface area (Å²) in [5, 5.41) is 52.7. The summed E-state index contributed by atoms with van der Waals surface area (Å²) >= 11 is 0. The lowest BCUT2D eigenvalue weighted by molar-refractivity contribution is -0.148. The predicted octanol–water partition coefficient (Wildman–Crippen LogP) is -0.469. The molecule has 1 aromatic carbocycles. The van der Waals surface area contributed by atoms with Gasteiger partial charge >= 0.3 is 23.9 Å². The van der Waals surface area contributed by atoms with Crippen molar-refractivity contribution in [3.8, 4) is 5.75 Å². The maximum atomic E-state index is 14.6. The molecule has 3 rings (SSSR count). The molecule has 13 atom stereocenters. The van der Waals surface area contributed by atoms with Crippen LogP contribution in [-0.4, -0.2) is 268 Å². The maximum absolute atomic E-state index is 14.6. The molecule has 0 bridgehead atoms. The first-order valence-corrected chi connectivity index (χ1v) is 34.6. The second kappa shape index (κ2) is 44.2. The first-order chi connectivity index (χ1) is 48.1. The number of carboxylic acids is 3. The molecule has 2 unspecified atom stereocenters. The van der Waals surface area contributed by atoms with Crippen LogP contribution < -0.4 is 52.6 Å².